The maximum atomic E-state index is 12.4. The Balaban J connectivity index is 2.50. The molecule has 0 saturated carbocycles. The molecule has 0 aliphatic carbocycles. The molecule has 2 unspecified atom stereocenters. The fourth-order valence-electron chi connectivity index (χ4n) is 3.11. The molecule has 0 amide bonds. The monoisotopic (exact) mass is 390 g/mol. The van der Waals surface area contributed by atoms with Gasteiger partial charge in [-0.05, 0) is 57.7 Å². The Hall–Kier alpha value is -1.84. The van der Waals surface area contributed by atoms with Crippen molar-refractivity contribution < 1.29 is 19.1 Å². The number of hydrogen-bond acceptors (Lipinski definition) is 4. The molecule has 0 aliphatic rings. The molecule has 0 aliphatic heterocycles. The van der Waals surface area contributed by atoms with Crippen LogP contribution in [0.5, 0.6) is 0 Å². The van der Waals surface area contributed by atoms with Crippen LogP contribution < -0.4 is 0 Å². The van der Waals surface area contributed by atoms with E-state index in [1.807, 2.05) is 13.8 Å². The summed E-state index contributed by atoms with van der Waals surface area (Å²) >= 11 is 0. The summed E-state index contributed by atoms with van der Waals surface area (Å²) in [5.74, 6) is -0.768. The highest BCUT2D eigenvalue weighted by atomic mass is 16.5. The zero-order valence-electron chi connectivity index (χ0n) is 18.2. The van der Waals surface area contributed by atoms with Gasteiger partial charge >= 0.3 is 11.9 Å². The van der Waals surface area contributed by atoms with Crippen LogP contribution in [0.25, 0.3) is 0 Å². The first-order valence-electron chi connectivity index (χ1n) is 11.0. The van der Waals surface area contributed by atoms with Crippen LogP contribution in [0.15, 0.2) is 24.3 Å². The Morgan fingerprint density at radius 1 is 0.750 bits per heavy atom. The third-order valence-electron chi connectivity index (χ3n) is 4.88. The predicted molar refractivity (Wildman–Crippen MR) is 114 cm³/mol. The van der Waals surface area contributed by atoms with Crippen LogP contribution >= 0.6 is 0 Å². The zero-order chi connectivity index (χ0) is 20.8. The van der Waals surface area contributed by atoms with Gasteiger partial charge < -0.3 is 9.47 Å². The van der Waals surface area contributed by atoms with Crippen LogP contribution in [0.1, 0.15) is 113 Å². The first-order valence-corrected chi connectivity index (χ1v) is 11.0. The van der Waals surface area contributed by atoms with Gasteiger partial charge in [0.15, 0.2) is 0 Å². The molecule has 4 heteroatoms. The van der Waals surface area contributed by atoms with Gasteiger partial charge in [-0.2, -0.15) is 0 Å². The minimum atomic E-state index is -0.384. The molecule has 0 bridgehead atoms. The molecule has 158 valence electrons. The average molecular weight is 391 g/mol. The highest BCUT2D eigenvalue weighted by Crippen LogP contribution is 2.15. The first kappa shape index (κ1) is 24.2. The lowest BCUT2D eigenvalue weighted by atomic mass is 10.1. The van der Waals surface area contributed by atoms with Gasteiger partial charge in [0, 0.05) is 0 Å². The molecule has 1 aromatic rings. The molecule has 0 fully saturated rings. The van der Waals surface area contributed by atoms with Crippen molar-refractivity contribution in [1.29, 1.82) is 0 Å². The highest BCUT2D eigenvalue weighted by molar-refractivity contribution is 5.95. The summed E-state index contributed by atoms with van der Waals surface area (Å²) < 4.78 is 11.0. The molecule has 1 aromatic carbocycles. The van der Waals surface area contributed by atoms with Gasteiger partial charge in [-0.1, -0.05) is 58.4 Å². The largest absolute Gasteiger partial charge is 0.459 e. The van der Waals surface area contributed by atoms with Gasteiger partial charge in [0.05, 0.1) is 23.3 Å². The predicted octanol–water partition coefficient (Wildman–Crippen LogP) is 6.72. The van der Waals surface area contributed by atoms with E-state index in [0.717, 1.165) is 38.5 Å². The molecular formula is C24H38O4. The van der Waals surface area contributed by atoms with E-state index < -0.39 is 0 Å². The van der Waals surface area contributed by atoms with E-state index >= 15 is 0 Å². The van der Waals surface area contributed by atoms with Crippen LogP contribution in [-0.4, -0.2) is 24.1 Å². The zero-order valence-corrected chi connectivity index (χ0v) is 18.2. The smallest absolute Gasteiger partial charge is 0.338 e. The summed E-state index contributed by atoms with van der Waals surface area (Å²) in [6.45, 7) is 8.19. The van der Waals surface area contributed by atoms with Crippen molar-refractivity contribution >= 4 is 11.9 Å². The second kappa shape index (κ2) is 14.2. The van der Waals surface area contributed by atoms with Crippen LogP contribution in [0, 0.1) is 0 Å². The second-order valence-corrected chi connectivity index (χ2v) is 7.71. The normalized spacial score (nSPS) is 13.0. The summed E-state index contributed by atoms with van der Waals surface area (Å²) in [7, 11) is 0. The molecule has 0 N–H and O–H groups in total. The number of esters is 2. The number of hydrogen-bond donors (Lipinski definition) is 0. The van der Waals surface area contributed by atoms with Gasteiger partial charge in [-0.25, -0.2) is 9.59 Å². The maximum Gasteiger partial charge on any atom is 0.338 e. The summed E-state index contributed by atoms with van der Waals surface area (Å²) in [4.78, 5) is 24.7. The fourth-order valence-corrected chi connectivity index (χ4v) is 3.11. The summed E-state index contributed by atoms with van der Waals surface area (Å²) in [5, 5.41) is 0. The first-order chi connectivity index (χ1) is 13.5. The molecule has 2 atom stereocenters. The summed E-state index contributed by atoms with van der Waals surface area (Å²) in [6, 6.07) is 6.62. The molecular weight excluding hydrogens is 352 g/mol. The molecule has 0 aromatic heterocycles. The number of ether oxygens (including phenoxy) is 2. The molecule has 28 heavy (non-hydrogen) atoms. The number of carbonyl (C=O) groups is 2. The molecule has 1 rings (SSSR count). The third kappa shape index (κ3) is 9.91. The summed E-state index contributed by atoms with van der Waals surface area (Å²) in [5.41, 5.74) is 0.788. The van der Waals surface area contributed by atoms with Crippen LogP contribution in [0.4, 0.5) is 0 Å². The molecule has 4 nitrogen and oxygen atoms in total. The van der Waals surface area contributed by atoms with E-state index in [4.69, 9.17) is 9.47 Å². The molecule has 0 radical (unpaired) electrons. The van der Waals surface area contributed by atoms with Gasteiger partial charge in [0.2, 0.25) is 0 Å². The Morgan fingerprint density at radius 3 is 1.57 bits per heavy atom. The van der Waals surface area contributed by atoms with Gasteiger partial charge in [0.1, 0.15) is 0 Å². The standard InChI is InChI=1S/C24H38O4/c1-5-7-9-11-14-19(3)27-23(25)21-16-13-17-22(18-21)24(26)28-20(4)15-12-10-8-6-2/h13,16-20H,5-12,14-15H2,1-4H3. The van der Waals surface area contributed by atoms with Gasteiger partial charge in [0.25, 0.3) is 0 Å². The van der Waals surface area contributed by atoms with E-state index in [9.17, 15) is 9.59 Å². The van der Waals surface area contributed by atoms with E-state index in [1.165, 1.54) is 25.7 Å². The summed E-state index contributed by atoms with van der Waals surface area (Å²) in [6.07, 6.45) is 10.7. The van der Waals surface area contributed by atoms with Crippen molar-refractivity contribution in [3.8, 4) is 0 Å². The molecule has 0 saturated heterocycles. The van der Waals surface area contributed by atoms with Crippen molar-refractivity contribution in [1.82, 2.24) is 0 Å². The number of benzene rings is 1. The molecule has 0 heterocycles. The fraction of sp³-hybridized carbons (Fsp3) is 0.667. The second-order valence-electron chi connectivity index (χ2n) is 7.71. The van der Waals surface area contributed by atoms with Crippen molar-refractivity contribution in [2.75, 3.05) is 0 Å². The van der Waals surface area contributed by atoms with Crippen molar-refractivity contribution in [2.45, 2.75) is 104 Å². The van der Waals surface area contributed by atoms with Crippen molar-refractivity contribution in [3.63, 3.8) is 0 Å². The Bertz CT molecular complexity index is 534. The lowest BCUT2D eigenvalue weighted by molar-refractivity contribution is 0.0318. The van der Waals surface area contributed by atoms with E-state index in [0.29, 0.717) is 11.1 Å². The maximum absolute atomic E-state index is 12.4. The Kier molecular flexibility index (Phi) is 12.3. The number of rotatable bonds is 14. The van der Waals surface area contributed by atoms with Crippen LogP contribution in [0.3, 0.4) is 0 Å². The minimum Gasteiger partial charge on any atom is -0.459 e. The lowest BCUT2D eigenvalue weighted by Crippen LogP contribution is -2.17. The molecule has 0 spiro atoms. The average Bonchev–Trinajstić information content (AvgIpc) is 2.68. The van der Waals surface area contributed by atoms with E-state index in [1.54, 1.807) is 24.3 Å². The number of unbranched alkanes of at least 4 members (excludes halogenated alkanes) is 6. The number of carbonyl (C=O) groups excluding carboxylic acids is 2. The van der Waals surface area contributed by atoms with Crippen molar-refractivity contribution in [2.24, 2.45) is 0 Å². The quantitative estimate of drug-likeness (QED) is 0.261. The van der Waals surface area contributed by atoms with E-state index in [-0.39, 0.29) is 24.1 Å². The topological polar surface area (TPSA) is 52.6 Å². The lowest BCUT2D eigenvalue weighted by Gasteiger charge is -2.15. The SMILES string of the molecule is CCCCCCC(C)OC(=O)c1cccc(C(=O)OC(C)CCCCCC)c1. The highest BCUT2D eigenvalue weighted by Gasteiger charge is 2.16. The van der Waals surface area contributed by atoms with Crippen LogP contribution in [0.2, 0.25) is 0 Å². The minimum absolute atomic E-state index is 0.122. The Morgan fingerprint density at radius 2 is 1.18 bits per heavy atom. The third-order valence-corrected chi connectivity index (χ3v) is 4.88. The van der Waals surface area contributed by atoms with Crippen LogP contribution in [-0.2, 0) is 9.47 Å². The van der Waals surface area contributed by atoms with Crippen molar-refractivity contribution in [3.05, 3.63) is 35.4 Å². The van der Waals surface area contributed by atoms with Gasteiger partial charge in [-0.3, -0.25) is 0 Å². The Labute approximate surface area is 171 Å². The van der Waals surface area contributed by atoms with Gasteiger partial charge in [-0.15, -0.1) is 0 Å². The van der Waals surface area contributed by atoms with E-state index in [2.05, 4.69) is 13.8 Å².